The van der Waals surface area contributed by atoms with Crippen LogP contribution < -0.4 is 10.2 Å². The maximum Gasteiger partial charge on any atom is 0.343 e. The molecule has 0 atom stereocenters. The summed E-state index contributed by atoms with van der Waals surface area (Å²) < 4.78 is 6.31. The van der Waals surface area contributed by atoms with Gasteiger partial charge in [0.25, 0.3) is 5.91 Å². The Labute approximate surface area is 175 Å². The summed E-state index contributed by atoms with van der Waals surface area (Å²) in [5.41, 5.74) is 3.76. The first-order valence-corrected chi connectivity index (χ1v) is 9.36. The Bertz CT molecular complexity index is 1020. The van der Waals surface area contributed by atoms with Crippen molar-refractivity contribution >= 4 is 45.6 Å². The Hall–Kier alpha value is -2.96. The van der Waals surface area contributed by atoms with Crippen LogP contribution in [0.3, 0.4) is 0 Å². The molecule has 140 valence electrons. The van der Waals surface area contributed by atoms with Crippen LogP contribution in [0.25, 0.3) is 0 Å². The zero-order valence-corrected chi connectivity index (χ0v) is 16.8. The number of ether oxygens (including phenoxy) is 1. The molecule has 3 aromatic carbocycles. The quantitative estimate of drug-likeness (QED) is 0.251. The van der Waals surface area contributed by atoms with Gasteiger partial charge in [0, 0.05) is 20.6 Å². The van der Waals surface area contributed by atoms with Gasteiger partial charge in [-0.25, -0.2) is 10.2 Å². The fourth-order valence-electron chi connectivity index (χ4n) is 2.27. The predicted octanol–water partition coefficient (Wildman–Crippen LogP) is 5.09. The van der Waals surface area contributed by atoms with Gasteiger partial charge >= 0.3 is 5.97 Å². The topological polar surface area (TPSA) is 67.8 Å². The Kier molecular flexibility index (Phi) is 6.57. The number of rotatable bonds is 5. The molecule has 0 bridgehead atoms. The van der Waals surface area contributed by atoms with E-state index in [2.05, 4.69) is 26.5 Å². The molecule has 0 saturated heterocycles. The zero-order chi connectivity index (χ0) is 19.9. The van der Waals surface area contributed by atoms with Gasteiger partial charge in [0.05, 0.1) is 11.8 Å². The van der Waals surface area contributed by atoms with Gasteiger partial charge in [-0.05, 0) is 54.6 Å². The van der Waals surface area contributed by atoms with Crippen molar-refractivity contribution in [2.45, 2.75) is 0 Å². The Balaban J connectivity index is 1.74. The Morgan fingerprint density at radius 3 is 2.39 bits per heavy atom. The van der Waals surface area contributed by atoms with Crippen molar-refractivity contribution < 1.29 is 14.3 Å². The maximum absolute atomic E-state index is 12.3. The Morgan fingerprint density at radius 2 is 1.68 bits per heavy atom. The normalized spacial score (nSPS) is 10.6. The number of nitrogens with zero attached hydrogens (tertiary/aromatic N) is 1. The van der Waals surface area contributed by atoms with Gasteiger partial charge in [0.1, 0.15) is 5.75 Å². The number of hydrogen-bond acceptors (Lipinski definition) is 4. The monoisotopic (exact) mass is 456 g/mol. The largest absolute Gasteiger partial charge is 0.422 e. The number of esters is 1. The van der Waals surface area contributed by atoms with Crippen molar-refractivity contribution in [2.24, 2.45) is 5.10 Å². The number of amides is 1. The fourth-order valence-corrected chi connectivity index (χ4v) is 2.72. The smallest absolute Gasteiger partial charge is 0.343 e. The maximum atomic E-state index is 12.3. The molecule has 3 aromatic rings. The average molecular weight is 458 g/mol. The number of hydrogen-bond donors (Lipinski definition) is 1. The number of hydrazone groups is 1. The third-order valence-corrected chi connectivity index (χ3v) is 4.42. The van der Waals surface area contributed by atoms with Crippen LogP contribution in [0.4, 0.5) is 0 Å². The molecule has 3 rings (SSSR count). The summed E-state index contributed by atoms with van der Waals surface area (Å²) in [5, 5.41) is 4.37. The molecule has 0 aliphatic carbocycles. The van der Waals surface area contributed by atoms with Crippen LogP contribution in [0.15, 0.2) is 82.4 Å². The van der Waals surface area contributed by atoms with E-state index in [0.29, 0.717) is 21.7 Å². The van der Waals surface area contributed by atoms with Gasteiger partial charge in [-0.15, -0.1) is 0 Å². The first-order chi connectivity index (χ1) is 13.5. The third-order valence-electron chi connectivity index (χ3n) is 3.66. The lowest BCUT2D eigenvalue weighted by atomic mass is 10.2. The van der Waals surface area contributed by atoms with Crippen molar-refractivity contribution in [1.29, 1.82) is 0 Å². The number of carbonyl (C=O) groups is 2. The lowest BCUT2D eigenvalue weighted by Gasteiger charge is -2.08. The second kappa shape index (κ2) is 9.30. The van der Waals surface area contributed by atoms with E-state index in [4.69, 9.17) is 16.3 Å². The molecule has 28 heavy (non-hydrogen) atoms. The summed E-state index contributed by atoms with van der Waals surface area (Å²) in [7, 11) is 0. The summed E-state index contributed by atoms with van der Waals surface area (Å²) in [6, 6.07) is 20.2. The molecule has 0 aliphatic heterocycles. The van der Waals surface area contributed by atoms with Crippen molar-refractivity contribution in [1.82, 2.24) is 5.43 Å². The second-order valence-electron chi connectivity index (χ2n) is 5.64. The van der Waals surface area contributed by atoms with Crippen LogP contribution in [0, 0.1) is 0 Å². The SMILES string of the molecule is O=C(N/N=C/c1cc(Cl)ccc1OC(=O)c1ccc(Br)cc1)c1ccccc1. The lowest BCUT2D eigenvalue weighted by Crippen LogP contribution is -2.17. The summed E-state index contributed by atoms with van der Waals surface area (Å²) in [6.07, 6.45) is 1.37. The molecular formula is C21H14BrClN2O3. The molecule has 0 fully saturated rings. The molecule has 7 heteroatoms. The molecular weight excluding hydrogens is 444 g/mol. The van der Waals surface area contributed by atoms with E-state index in [0.717, 1.165) is 4.47 Å². The van der Waals surface area contributed by atoms with Crippen LogP contribution in [0.5, 0.6) is 5.75 Å². The van der Waals surface area contributed by atoms with E-state index in [-0.39, 0.29) is 11.7 Å². The fraction of sp³-hybridized carbons (Fsp3) is 0. The highest BCUT2D eigenvalue weighted by Gasteiger charge is 2.12. The highest BCUT2D eigenvalue weighted by Crippen LogP contribution is 2.23. The summed E-state index contributed by atoms with van der Waals surface area (Å²) in [5.74, 6) is -0.597. The van der Waals surface area contributed by atoms with Crippen LogP contribution in [-0.4, -0.2) is 18.1 Å². The molecule has 0 aromatic heterocycles. The Morgan fingerprint density at radius 1 is 0.964 bits per heavy atom. The molecule has 1 amide bonds. The van der Waals surface area contributed by atoms with E-state index >= 15 is 0 Å². The molecule has 5 nitrogen and oxygen atoms in total. The standard InChI is InChI=1S/C21H14BrClN2O3/c22-17-8-6-15(7-9-17)21(27)28-19-11-10-18(23)12-16(19)13-24-25-20(26)14-4-2-1-3-5-14/h1-13H,(H,25,26)/b24-13+. The molecule has 0 heterocycles. The average Bonchev–Trinajstić information content (AvgIpc) is 2.71. The highest BCUT2D eigenvalue weighted by molar-refractivity contribution is 9.10. The van der Waals surface area contributed by atoms with Gasteiger partial charge in [0.15, 0.2) is 0 Å². The second-order valence-corrected chi connectivity index (χ2v) is 7.00. The van der Waals surface area contributed by atoms with Gasteiger partial charge in [-0.2, -0.15) is 5.10 Å². The van der Waals surface area contributed by atoms with E-state index < -0.39 is 5.97 Å². The molecule has 1 N–H and O–H groups in total. The van der Waals surface area contributed by atoms with E-state index in [1.165, 1.54) is 6.21 Å². The minimum atomic E-state index is -0.516. The number of carbonyl (C=O) groups excluding carboxylic acids is 2. The zero-order valence-electron chi connectivity index (χ0n) is 14.4. The lowest BCUT2D eigenvalue weighted by molar-refractivity contribution is 0.0734. The third kappa shape index (κ3) is 5.28. The van der Waals surface area contributed by atoms with E-state index in [1.807, 2.05) is 6.07 Å². The van der Waals surface area contributed by atoms with Crippen molar-refractivity contribution in [3.05, 3.63) is 99.0 Å². The number of benzene rings is 3. The minimum Gasteiger partial charge on any atom is -0.422 e. The molecule has 0 unspecified atom stereocenters. The summed E-state index contributed by atoms with van der Waals surface area (Å²) >= 11 is 9.35. The van der Waals surface area contributed by atoms with Crippen molar-refractivity contribution in [3.63, 3.8) is 0 Å². The molecule has 0 aliphatic rings. The molecule has 0 spiro atoms. The van der Waals surface area contributed by atoms with Crippen LogP contribution in [-0.2, 0) is 0 Å². The van der Waals surface area contributed by atoms with Crippen LogP contribution in [0.1, 0.15) is 26.3 Å². The van der Waals surface area contributed by atoms with Crippen LogP contribution >= 0.6 is 27.5 Å². The van der Waals surface area contributed by atoms with Gasteiger partial charge in [-0.3, -0.25) is 4.79 Å². The minimum absolute atomic E-state index is 0.273. The first-order valence-electron chi connectivity index (χ1n) is 8.19. The van der Waals surface area contributed by atoms with Crippen molar-refractivity contribution in [3.8, 4) is 5.75 Å². The summed E-state index contributed by atoms with van der Waals surface area (Å²) in [6.45, 7) is 0. The molecule has 0 radical (unpaired) electrons. The van der Waals surface area contributed by atoms with Gasteiger partial charge < -0.3 is 4.74 Å². The molecule has 0 saturated carbocycles. The van der Waals surface area contributed by atoms with Gasteiger partial charge in [0.2, 0.25) is 0 Å². The van der Waals surface area contributed by atoms with Crippen molar-refractivity contribution in [2.75, 3.05) is 0 Å². The first kappa shape index (κ1) is 19.8. The van der Waals surface area contributed by atoms with Crippen LogP contribution in [0.2, 0.25) is 5.02 Å². The summed E-state index contributed by atoms with van der Waals surface area (Å²) in [4.78, 5) is 24.4. The van der Waals surface area contributed by atoms with E-state index in [1.54, 1.807) is 66.7 Å². The highest BCUT2D eigenvalue weighted by atomic mass is 79.9. The van der Waals surface area contributed by atoms with Gasteiger partial charge in [-0.1, -0.05) is 45.7 Å². The van der Waals surface area contributed by atoms with E-state index in [9.17, 15) is 9.59 Å². The number of halogens is 2. The predicted molar refractivity (Wildman–Crippen MR) is 112 cm³/mol. The number of nitrogens with one attached hydrogen (secondary N) is 1.